The quantitative estimate of drug-likeness (QED) is 0.612. The number of nitrogens with zero attached hydrogens (tertiary/aromatic N) is 2. The molecule has 0 aliphatic heterocycles. The van der Waals surface area contributed by atoms with Crippen molar-refractivity contribution in [3.8, 4) is 0 Å². The fourth-order valence-corrected chi connectivity index (χ4v) is 2.68. The summed E-state index contributed by atoms with van der Waals surface area (Å²) in [5.74, 6) is 0.390. The van der Waals surface area contributed by atoms with Gasteiger partial charge < -0.3 is 11.5 Å². The topological polar surface area (TPSA) is 112 Å². The Hall–Kier alpha value is -1.89. The van der Waals surface area contributed by atoms with Crippen LogP contribution in [0, 0.1) is 0 Å². The number of halogens is 3. The predicted molar refractivity (Wildman–Crippen MR) is 95.1 cm³/mol. The highest BCUT2D eigenvalue weighted by atomic mass is 35.5. The van der Waals surface area contributed by atoms with E-state index in [0.29, 0.717) is 28.6 Å². The molecule has 6 nitrogen and oxygen atoms in total. The molecule has 0 atom stereocenters. The molecule has 1 aliphatic carbocycles. The van der Waals surface area contributed by atoms with Crippen LogP contribution in [0.5, 0.6) is 0 Å². The third-order valence-corrected chi connectivity index (χ3v) is 3.98. The molecule has 1 saturated carbocycles. The number of hydrogen-bond donors (Lipinski definition) is 2. The van der Waals surface area contributed by atoms with Crippen LogP contribution in [0.1, 0.15) is 45.2 Å². The lowest BCUT2D eigenvalue weighted by Crippen LogP contribution is -2.01. The second-order valence-corrected chi connectivity index (χ2v) is 6.21. The number of nitrogens with two attached hydrogens (primary N) is 2. The number of rotatable bonds is 3. The van der Waals surface area contributed by atoms with E-state index in [1.807, 2.05) is 0 Å². The van der Waals surface area contributed by atoms with Crippen LogP contribution in [-0.4, -0.2) is 22.5 Å². The minimum absolute atomic E-state index is 0.0324. The number of nitrogen functional groups attached to an aromatic ring is 2. The molecular formula is C15H13Cl3N4O2. The Bertz CT molecular complexity index is 772. The Balaban J connectivity index is 0.000000177. The van der Waals surface area contributed by atoms with Crippen LogP contribution >= 0.6 is 34.8 Å². The van der Waals surface area contributed by atoms with Crippen LogP contribution in [0.3, 0.4) is 0 Å². The molecule has 24 heavy (non-hydrogen) atoms. The molecule has 1 aliphatic rings. The third kappa shape index (κ3) is 4.35. The first-order chi connectivity index (χ1) is 11.4. The largest absolute Gasteiger partial charge is 0.398 e. The van der Waals surface area contributed by atoms with Crippen LogP contribution in [0.25, 0.3) is 0 Å². The van der Waals surface area contributed by atoms with E-state index < -0.39 is 0 Å². The molecule has 0 radical (unpaired) electrons. The van der Waals surface area contributed by atoms with E-state index in [9.17, 15) is 9.59 Å². The average molecular weight is 388 g/mol. The molecular weight excluding hydrogens is 375 g/mol. The van der Waals surface area contributed by atoms with Gasteiger partial charge in [0.15, 0.2) is 12.6 Å². The zero-order valence-electron chi connectivity index (χ0n) is 12.3. The molecule has 4 N–H and O–H groups in total. The first kappa shape index (κ1) is 18.4. The van der Waals surface area contributed by atoms with Crippen LogP contribution in [-0.2, 0) is 0 Å². The van der Waals surface area contributed by atoms with Gasteiger partial charge in [-0.1, -0.05) is 34.8 Å². The van der Waals surface area contributed by atoms with Crippen molar-refractivity contribution < 1.29 is 9.59 Å². The minimum atomic E-state index is 0.0324. The Morgan fingerprint density at radius 2 is 1.42 bits per heavy atom. The molecule has 0 unspecified atom stereocenters. The number of carbonyl (C=O) groups is 2. The van der Waals surface area contributed by atoms with Gasteiger partial charge in [0.2, 0.25) is 0 Å². The Kier molecular flexibility index (Phi) is 5.99. The van der Waals surface area contributed by atoms with Gasteiger partial charge in [0.25, 0.3) is 0 Å². The third-order valence-electron chi connectivity index (χ3n) is 3.30. The smallest absolute Gasteiger partial charge is 0.155 e. The molecule has 2 aromatic rings. The first-order valence-corrected chi connectivity index (χ1v) is 7.98. The van der Waals surface area contributed by atoms with Crippen molar-refractivity contribution in [1.82, 2.24) is 9.97 Å². The van der Waals surface area contributed by atoms with E-state index in [1.54, 1.807) is 0 Å². The number of aromatic nitrogens is 2. The van der Waals surface area contributed by atoms with Crippen LogP contribution in [0.4, 0.5) is 11.4 Å². The van der Waals surface area contributed by atoms with Crippen molar-refractivity contribution in [2.45, 2.75) is 18.8 Å². The molecule has 126 valence electrons. The highest BCUT2D eigenvalue weighted by Crippen LogP contribution is 2.41. The summed E-state index contributed by atoms with van der Waals surface area (Å²) in [6.45, 7) is 0. The van der Waals surface area contributed by atoms with Gasteiger partial charge in [0.05, 0.1) is 16.8 Å². The first-order valence-electron chi connectivity index (χ1n) is 6.85. The normalized spacial score (nSPS) is 13.0. The van der Waals surface area contributed by atoms with Gasteiger partial charge in [-0.05, 0) is 25.0 Å². The van der Waals surface area contributed by atoms with Gasteiger partial charge in [-0.25, -0.2) is 9.97 Å². The minimum Gasteiger partial charge on any atom is -0.398 e. The average Bonchev–Trinajstić information content (AvgIpc) is 3.31. The summed E-state index contributed by atoms with van der Waals surface area (Å²) in [6.07, 6.45) is 3.45. The predicted octanol–water partition coefficient (Wildman–Crippen LogP) is 3.79. The number of aldehydes is 2. The van der Waals surface area contributed by atoms with Crippen molar-refractivity contribution in [3.63, 3.8) is 0 Å². The molecule has 0 amide bonds. The summed E-state index contributed by atoms with van der Waals surface area (Å²) in [5, 5.41) is 0.577. The Morgan fingerprint density at radius 1 is 0.917 bits per heavy atom. The van der Waals surface area contributed by atoms with E-state index in [2.05, 4.69) is 9.97 Å². The van der Waals surface area contributed by atoms with Crippen LogP contribution < -0.4 is 11.5 Å². The number of hydrogen-bond acceptors (Lipinski definition) is 6. The molecule has 2 heterocycles. The molecule has 1 fully saturated rings. The molecule has 0 spiro atoms. The van der Waals surface area contributed by atoms with Crippen LogP contribution in [0.2, 0.25) is 15.5 Å². The van der Waals surface area contributed by atoms with Gasteiger partial charge in [0, 0.05) is 17.3 Å². The number of carbonyl (C=O) groups excluding carboxylic acids is 2. The highest BCUT2D eigenvalue weighted by molar-refractivity contribution is 6.34. The van der Waals surface area contributed by atoms with E-state index in [4.69, 9.17) is 46.3 Å². The van der Waals surface area contributed by atoms with E-state index in [0.717, 1.165) is 24.8 Å². The molecule has 9 heteroatoms. The van der Waals surface area contributed by atoms with Crippen molar-refractivity contribution in [2.75, 3.05) is 11.5 Å². The number of pyridine rings is 2. The SMILES string of the molecule is Nc1cc(Cl)nc(C2CC2)c1C=O.Nc1cc(Cl)nc(Cl)c1C=O. The fourth-order valence-electron chi connectivity index (χ4n) is 1.99. The Labute approximate surface area is 153 Å². The monoisotopic (exact) mass is 386 g/mol. The van der Waals surface area contributed by atoms with Gasteiger partial charge in [-0.15, -0.1) is 0 Å². The molecule has 0 bridgehead atoms. The van der Waals surface area contributed by atoms with Crippen molar-refractivity contribution >= 4 is 58.7 Å². The second-order valence-electron chi connectivity index (χ2n) is 5.08. The van der Waals surface area contributed by atoms with Crippen molar-refractivity contribution in [1.29, 1.82) is 0 Å². The van der Waals surface area contributed by atoms with E-state index in [-0.39, 0.29) is 21.6 Å². The molecule has 0 saturated heterocycles. The zero-order chi connectivity index (χ0) is 17.9. The summed E-state index contributed by atoms with van der Waals surface area (Å²) >= 11 is 16.8. The number of anilines is 2. The van der Waals surface area contributed by atoms with Gasteiger partial charge in [-0.3, -0.25) is 9.59 Å². The molecule has 0 aromatic carbocycles. The highest BCUT2D eigenvalue weighted by Gasteiger charge is 2.28. The van der Waals surface area contributed by atoms with E-state index in [1.165, 1.54) is 12.1 Å². The van der Waals surface area contributed by atoms with E-state index >= 15 is 0 Å². The standard InChI is InChI=1S/C9H9ClN2O.C6H4Cl2N2O/c10-8-3-7(11)6(4-13)9(12-8)5-1-2-5;7-5-1-4(9)3(2-11)6(8)10-5/h3-5H,1-2H2,(H2,11,12);1-2H,(H2,9,10). The maximum Gasteiger partial charge on any atom is 0.155 e. The van der Waals surface area contributed by atoms with Crippen molar-refractivity contribution in [3.05, 3.63) is 44.4 Å². The van der Waals surface area contributed by atoms with Gasteiger partial charge in [0.1, 0.15) is 15.5 Å². The summed E-state index contributed by atoms with van der Waals surface area (Å²) in [4.78, 5) is 28.8. The summed E-state index contributed by atoms with van der Waals surface area (Å²) in [6, 6.07) is 2.88. The molecule has 2 aromatic heterocycles. The zero-order valence-corrected chi connectivity index (χ0v) is 14.6. The lowest BCUT2D eigenvalue weighted by Gasteiger charge is -2.05. The van der Waals surface area contributed by atoms with Crippen molar-refractivity contribution in [2.24, 2.45) is 0 Å². The lowest BCUT2D eigenvalue weighted by molar-refractivity contribution is 0.111. The van der Waals surface area contributed by atoms with Gasteiger partial charge >= 0.3 is 0 Å². The molecule has 3 rings (SSSR count). The maximum atomic E-state index is 10.7. The summed E-state index contributed by atoms with van der Waals surface area (Å²) < 4.78 is 0. The lowest BCUT2D eigenvalue weighted by atomic mass is 10.1. The summed E-state index contributed by atoms with van der Waals surface area (Å²) in [5.41, 5.74) is 13.2. The summed E-state index contributed by atoms with van der Waals surface area (Å²) in [7, 11) is 0. The fraction of sp³-hybridized carbons (Fsp3) is 0.200. The maximum absolute atomic E-state index is 10.7. The second kappa shape index (κ2) is 7.79. The Morgan fingerprint density at radius 3 is 1.88 bits per heavy atom. The van der Waals surface area contributed by atoms with Gasteiger partial charge in [-0.2, -0.15) is 0 Å². The van der Waals surface area contributed by atoms with Crippen LogP contribution in [0.15, 0.2) is 12.1 Å².